The minimum atomic E-state index is 0.0315. The second-order valence-electron chi connectivity index (χ2n) is 2.41. The van der Waals surface area contributed by atoms with E-state index in [1.807, 2.05) is 17.5 Å². The summed E-state index contributed by atoms with van der Waals surface area (Å²) in [7, 11) is 0. The van der Waals surface area contributed by atoms with Crippen molar-refractivity contribution in [1.29, 1.82) is 0 Å². The molecule has 0 saturated carbocycles. The van der Waals surface area contributed by atoms with Crippen LogP contribution < -0.4 is 0 Å². The van der Waals surface area contributed by atoms with E-state index in [9.17, 15) is 0 Å². The zero-order valence-corrected chi connectivity index (χ0v) is 7.14. The van der Waals surface area contributed by atoms with Crippen molar-refractivity contribution in [3.8, 4) is 10.6 Å². The molecule has 2 N–H and O–H groups in total. The monoisotopic (exact) mass is 180 g/mol. The van der Waals surface area contributed by atoms with Gasteiger partial charge in [0.25, 0.3) is 0 Å². The zero-order chi connectivity index (χ0) is 8.39. The fourth-order valence-electron chi connectivity index (χ4n) is 1.07. The van der Waals surface area contributed by atoms with Gasteiger partial charge in [0.15, 0.2) is 0 Å². The summed E-state index contributed by atoms with van der Waals surface area (Å²) in [5, 5.41) is 17.7. The molecular formula is C8H8N2OS. The second-order valence-corrected chi connectivity index (χ2v) is 3.35. The number of hydrogen-bond donors (Lipinski definition) is 2. The van der Waals surface area contributed by atoms with Gasteiger partial charge in [0, 0.05) is 5.56 Å². The van der Waals surface area contributed by atoms with Gasteiger partial charge in [0.1, 0.15) is 0 Å². The summed E-state index contributed by atoms with van der Waals surface area (Å²) in [4.78, 5) is 1.11. The van der Waals surface area contributed by atoms with Crippen molar-refractivity contribution in [3.05, 3.63) is 29.3 Å². The number of nitrogens with one attached hydrogen (secondary N) is 1. The van der Waals surface area contributed by atoms with E-state index in [4.69, 9.17) is 5.11 Å². The first-order valence-electron chi connectivity index (χ1n) is 3.59. The second kappa shape index (κ2) is 3.08. The Morgan fingerprint density at radius 1 is 1.58 bits per heavy atom. The van der Waals surface area contributed by atoms with Crippen LogP contribution in [-0.4, -0.2) is 15.3 Å². The molecule has 4 heteroatoms. The number of nitrogens with zero attached hydrogens (tertiary/aromatic N) is 1. The van der Waals surface area contributed by atoms with E-state index in [1.165, 1.54) is 0 Å². The van der Waals surface area contributed by atoms with E-state index in [0.29, 0.717) is 0 Å². The molecule has 0 saturated heterocycles. The van der Waals surface area contributed by atoms with Crippen molar-refractivity contribution in [2.45, 2.75) is 6.61 Å². The minimum Gasteiger partial charge on any atom is -0.392 e. The lowest BCUT2D eigenvalue weighted by Gasteiger charge is -1.94. The Hall–Kier alpha value is -1.13. The maximum atomic E-state index is 8.95. The van der Waals surface area contributed by atoms with Gasteiger partial charge in [0.2, 0.25) is 0 Å². The highest BCUT2D eigenvalue weighted by molar-refractivity contribution is 7.13. The van der Waals surface area contributed by atoms with Gasteiger partial charge in [-0.3, -0.25) is 5.10 Å². The molecule has 0 aliphatic heterocycles. The van der Waals surface area contributed by atoms with Crippen LogP contribution in [0.4, 0.5) is 0 Å². The molecule has 0 atom stereocenters. The molecule has 2 aromatic heterocycles. The number of aliphatic hydroxyl groups is 1. The molecule has 0 unspecified atom stereocenters. The average Bonchev–Trinajstić information content (AvgIpc) is 2.74. The first kappa shape index (κ1) is 7.52. The van der Waals surface area contributed by atoms with Crippen LogP contribution in [0, 0.1) is 0 Å². The summed E-state index contributed by atoms with van der Waals surface area (Å²) < 4.78 is 0. The standard InChI is InChI=1S/C8H8N2OS/c11-5-6-4-9-10-8(6)7-2-1-3-12-7/h1-4,11H,5H2,(H,9,10). The van der Waals surface area contributed by atoms with Gasteiger partial charge in [-0.1, -0.05) is 6.07 Å². The summed E-state index contributed by atoms with van der Waals surface area (Å²) in [6.07, 6.45) is 1.65. The van der Waals surface area contributed by atoms with Gasteiger partial charge in [-0.15, -0.1) is 11.3 Å². The quantitative estimate of drug-likeness (QED) is 0.738. The highest BCUT2D eigenvalue weighted by Crippen LogP contribution is 2.25. The van der Waals surface area contributed by atoms with Crippen LogP contribution in [-0.2, 0) is 6.61 Å². The maximum absolute atomic E-state index is 8.95. The van der Waals surface area contributed by atoms with Crippen LogP contribution in [0.1, 0.15) is 5.56 Å². The van der Waals surface area contributed by atoms with Gasteiger partial charge in [-0.2, -0.15) is 5.10 Å². The fourth-order valence-corrected chi connectivity index (χ4v) is 1.82. The molecule has 0 aliphatic carbocycles. The molecule has 0 bridgehead atoms. The maximum Gasteiger partial charge on any atom is 0.0805 e. The van der Waals surface area contributed by atoms with Gasteiger partial charge in [0.05, 0.1) is 23.4 Å². The lowest BCUT2D eigenvalue weighted by Crippen LogP contribution is -1.82. The Kier molecular flexibility index (Phi) is 1.93. The van der Waals surface area contributed by atoms with Crippen molar-refractivity contribution >= 4 is 11.3 Å². The van der Waals surface area contributed by atoms with Crippen molar-refractivity contribution in [2.75, 3.05) is 0 Å². The van der Waals surface area contributed by atoms with Crippen LogP contribution in [0.5, 0.6) is 0 Å². The third-order valence-electron chi connectivity index (χ3n) is 1.66. The van der Waals surface area contributed by atoms with E-state index in [2.05, 4.69) is 10.2 Å². The summed E-state index contributed by atoms with van der Waals surface area (Å²) in [5.41, 5.74) is 1.77. The number of rotatable bonds is 2. The van der Waals surface area contributed by atoms with E-state index < -0.39 is 0 Å². The smallest absolute Gasteiger partial charge is 0.0805 e. The molecule has 0 radical (unpaired) electrons. The largest absolute Gasteiger partial charge is 0.392 e. The summed E-state index contributed by atoms with van der Waals surface area (Å²) >= 11 is 1.63. The molecule has 2 rings (SSSR count). The number of H-pyrrole nitrogens is 1. The van der Waals surface area contributed by atoms with Gasteiger partial charge in [-0.05, 0) is 11.4 Å². The van der Waals surface area contributed by atoms with E-state index in [-0.39, 0.29) is 6.61 Å². The summed E-state index contributed by atoms with van der Waals surface area (Å²) in [5.74, 6) is 0. The first-order valence-corrected chi connectivity index (χ1v) is 4.47. The Balaban J connectivity index is 2.46. The fraction of sp³-hybridized carbons (Fsp3) is 0.125. The highest BCUT2D eigenvalue weighted by atomic mass is 32.1. The highest BCUT2D eigenvalue weighted by Gasteiger charge is 2.06. The SMILES string of the molecule is OCc1cn[nH]c1-c1cccs1. The Morgan fingerprint density at radius 3 is 3.17 bits per heavy atom. The van der Waals surface area contributed by atoms with Crippen LogP contribution >= 0.6 is 11.3 Å². The van der Waals surface area contributed by atoms with Crippen LogP contribution in [0.15, 0.2) is 23.7 Å². The van der Waals surface area contributed by atoms with Crippen molar-refractivity contribution in [2.24, 2.45) is 0 Å². The first-order chi connectivity index (χ1) is 5.92. The van der Waals surface area contributed by atoms with Crippen molar-refractivity contribution in [1.82, 2.24) is 10.2 Å². The molecule has 2 heterocycles. The molecule has 62 valence electrons. The van der Waals surface area contributed by atoms with E-state index in [0.717, 1.165) is 16.1 Å². The minimum absolute atomic E-state index is 0.0315. The molecule has 0 fully saturated rings. The molecular weight excluding hydrogens is 172 g/mol. The summed E-state index contributed by atoms with van der Waals surface area (Å²) in [6, 6.07) is 3.97. The van der Waals surface area contributed by atoms with E-state index in [1.54, 1.807) is 17.5 Å². The topological polar surface area (TPSA) is 48.9 Å². The number of aromatic nitrogens is 2. The number of aliphatic hydroxyl groups excluding tert-OH is 1. The van der Waals surface area contributed by atoms with Crippen LogP contribution in [0.2, 0.25) is 0 Å². The lowest BCUT2D eigenvalue weighted by atomic mass is 10.2. The Morgan fingerprint density at radius 2 is 2.50 bits per heavy atom. The molecule has 0 amide bonds. The van der Waals surface area contributed by atoms with E-state index >= 15 is 0 Å². The Bertz CT molecular complexity index is 353. The molecule has 2 aromatic rings. The van der Waals surface area contributed by atoms with Crippen LogP contribution in [0.25, 0.3) is 10.6 Å². The normalized spacial score (nSPS) is 10.4. The number of aromatic amines is 1. The molecule has 0 aliphatic rings. The average molecular weight is 180 g/mol. The third kappa shape index (κ3) is 1.15. The van der Waals surface area contributed by atoms with Crippen molar-refractivity contribution in [3.63, 3.8) is 0 Å². The van der Waals surface area contributed by atoms with Gasteiger partial charge in [-0.25, -0.2) is 0 Å². The molecule has 12 heavy (non-hydrogen) atoms. The predicted molar refractivity (Wildman–Crippen MR) is 47.8 cm³/mol. The molecule has 0 aromatic carbocycles. The molecule has 0 spiro atoms. The number of thiophene rings is 1. The van der Waals surface area contributed by atoms with Gasteiger partial charge >= 0.3 is 0 Å². The van der Waals surface area contributed by atoms with Crippen molar-refractivity contribution < 1.29 is 5.11 Å². The van der Waals surface area contributed by atoms with Gasteiger partial charge < -0.3 is 5.11 Å². The zero-order valence-electron chi connectivity index (χ0n) is 6.32. The lowest BCUT2D eigenvalue weighted by molar-refractivity contribution is 0.282. The number of hydrogen-bond acceptors (Lipinski definition) is 3. The molecule has 3 nitrogen and oxygen atoms in total. The third-order valence-corrected chi connectivity index (χ3v) is 2.54. The summed E-state index contributed by atoms with van der Waals surface area (Å²) in [6.45, 7) is 0.0315. The van der Waals surface area contributed by atoms with Crippen LogP contribution in [0.3, 0.4) is 0 Å². The Labute approximate surface area is 73.7 Å². The predicted octanol–water partition coefficient (Wildman–Crippen LogP) is 1.63.